The molecule has 9 heteroatoms. The zero-order valence-corrected chi connectivity index (χ0v) is 18.2. The molecule has 1 aromatic heterocycles. The molecule has 3 amide bonds. The van der Waals surface area contributed by atoms with Crippen molar-refractivity contribution in [1.82, 2.24) is 4.98 Å². The first-order valence-electron chi connectivity index (χ1n) is 9.63. The van der Waals surface area contributed by atoms with Gasteiger partial charge in [0, 0.05) is 29.1 Å². The third kappa shape index (κ3) is 4.79. The molecule has 0 unspecified atom stereocenters. The number of ether oxygens (including phenoxy) is 2. The van der Waals surface area contributed by atoms with E-state index in [1.807, 2.05) is 6.07 Å². The number of urea groups is 1. The third-order valence-electron chi connectivity index (χ3n) is 4.52. The molecule has 162 valence electrons. The molecular weight excluding hydrogens is 428 g/mol. The Morgan fingerprint density at radius 1 is 0.844 bits per heavy atom. The number of hydrogen-bond donors (Lipinski definition) is 3. The number of nitrogens with zero attached hydrogens (tertiary/aromatic N) is 1. The van der Waals surface area contributed by atoms with Crippen molar-refractivity contribution < 1.29 is 19.1 Å². The van der Waals surface area contributed by atoms with E-state index in [1.54, 1.807) is 67.8 Å². The quantitative estimate of drug-likeness (QED) is 0.376. The van der Waals surface area contributed by atoms with Crippen molar-refractivity contribution in [2.75, 3.05) is 30.2 Å². The van der Waals surface area contributed by atoms with E-state index in [1.165, 1.54) is 18.4 Å². The lowest BCUT2D eigenvalue weighted by atomic mass is 10.2. The molecule has 0 aliphatic rings. The summed E-state index contributed by atoms with van der Waals surface area (Å²) in [6.07, 6.45) is 0. The average molecular weight is 449 g/mol. The van der Waals surface area contributed by atoms with E-state index < -0.39 is 6.03 Å². The molecule has 4 rings (SSSR count). The lowest BCUT2D eigenvalue weighted by Crippen LogP contribution is -2.19. The highest BCUT2D eigenvalue weighted by atomic mass is 32.1. The molecule has 0 bridgehead atoms. The highest BCUT2D eigenvalue weighted by Gasteiger charge is 2.15. The Labute approximate surface area is 188 Å². The molecule has 0 saturated carbocycles. The van der Waals surface area contributed by atoms with Crippen LogP contribution in [0.25, 0.3) is 10.2 Å². The summed E-state index contributed by atoms with van der Waals surface area (Å²) in [5.74, 6) is 0.871. The van der Waals surface area contributed by atoms with Crippen molar-refractivity contribution in [3.63, 3.8) is 0 Å². The Kier molecular flexibility index (Phi) is 6.18. The molecule has 0 aliphatic heterocycles. The van der Waals surface area contributed by atoms with Crippen molar-refractivity contribution in [3.05, 3.63) is 72.3 Å². The molecule has 1 heterocycles. The van der Waals surface area contributed by atoms with Gasteiger partial charge in [-0.25, -0.2) is 9.78 Å². The van der Waals surface area contributed by atoms with Gasteiger partial charge in [-0.2, -0.15) is 0 Å². The van der Waals surface area contributed by atoms with E-state index in [4.69, 9.17) is 9.47 Å². The van der Waals surface area contributed by atoms with Gasteiger partial charge in [0.15, 0.2) is 5.13 Å². The SMILES string of the molecule is COc1cccc(NC(=O)Nc2cc(OC)c3nc(NC(=O)c4ccccc4)sc3c2)c1. The summed E-state index contributed by atoms with van der Waals surface area (Å²) in [7, 11) is 3.09. The number of anilines is 3. The van der Waals surface area contributed by atoms with Crippen molar-refractivity contribution in [2.45, 2.75) is 0 Å². The van der Waals surface area contributed by atoms with Crippen LogP contribution in [-0.2, 0) is 0 Å². The summed E-state index contributed by atoms with van der Waals surface area (Å²) in [5.41, 5.74) is 2.26. The van der Waals surface area contributed by atoms with Gasteiger partial charge in [-0.15, -0.1) is 0 Å². The molecule has 3 N–H and O–H groups in total. The van der Waals surface area contributed by atoms with Crippen LogP contribution in [0.3, 0.4) is 0 Å². The summed E-state index contributed by atoms with van der Waals surface area (Å²) in [4.78, 5) is 29.4. The molecule has 0 radical (unpaired) electrons. The van der Waals surface area contributed by atoms with Crippen LogP contribution in [0.15, 0.2) is 66.7 Å². The van der Waals surface area contributed by atoms with Gasteiger partial charge in [-0.3, -0.25) is 10.1 Å². The monoisotopic (exact) mass is 448 g/mol. The number of benzene rings is 3. The predicted molar refractivity (Wildman–Crippen MR) is 126 cm³/mol. The first-order valence-corrected chi connectivity index (χ1v) is 10.4. The molecule has 4 aromatic rings. The second-order valence-corrected chi connectivity index (χ2v) is 7.71. The van der Waals surface area contributed by atoms with E-state index in [0.717, 1.165) is 4.70 Å². The lowest BCUT2D eigenvalue weighted by Gasteiger charge is -2.10. The first kappa shape index (κ1) is 21.1. The number of thiazole rings is 1. The van der Waals surface area contributed by atoms with Crippen LogP contribution < -0.4 is 25.4 Å². The van der Waals surface area contributed by atoms with Crippen LogP contribution in [0.4, 0.5) is 21.3 Å². The maximum absolute atomic E-state index is 12.5. The Hall–Kier alpha value is -4.11. The molecule has 0 saturated heterocycles. The lowest BCUT2D eigenvalue weighted by molar-refractivity contribution is 0.102. The predicted octanol–water partition coefficient (Wildman–Crippen LogP) is 5.21. The molecule has 0 spiro atoms. The minimum Gasteiger partial charge on any atom is -0.497 e. The van der Waals surface area contributed by atoms with Crippen LogP contribution in [0.2, 0.25) is 0 Å². The van der Waals surface area contributed by atoms with E-state index in [-0.39, 0.29) is 5.91 Å². The highest BCUT2D eigenvalue weighted by molar-refractivity contribution is 7.22. The number of nitrogens with one attached hydrogen (secondary N) is 3. The summed E-state index contributed by atoms with van der Waals surface area (Å²) in [5, 5.41) is 8.79. The van der Waals surface area contributed by atoms with Gasteiger partial charge in [-0.1, -0.05) is 35.6 Å². The van der Waals surface area contributed by atoms with E-state index in [9.17, 15) is 9.59 Å². The fourth-order valence-corrected chi connectivity index (χ4v) is 3.95. The topological polar surface area (TPSA) is 102 Å². The standard InChI is InChI=1S/C23H20N4O4S/c1-30-17-10-6-9-15(11-17)24-22(29)25-16-12-18(31-2)20-19(13-16)32-23(26-20)27-21(28)14-7-4-3-5-8-14/h3-13H,1-2H3,(H2,24,25,29)(H,26,27,28). The minimum atomic E-state index is -0.415. The Balaban J connectivity index is 1.52. The Bertz CT molecular complexity index is 1270. The number of methoxy groups -OCH3 is 2. The Morgan fingerprint density at radius 3 is 2.38 bits per heavy atom. The number of rotatable bonds is 6. The molecular formula is C23H20N4O4S. The van der Waals surface area contributed by atoms with Crippen molar-refractivity contribution >= 4 is 50.0 Å². The number of amides is 3. The van der Waals surface area contributed by atoms with Crippen molar-refractivity contribution in [2.24, 2.45) is 0 Å². The average Bonchev–Trinajstić information content (AvgIpc) is 3.21. The van der Waals surface area contributed by atoms with Gasteiger partial charge in [0.2, 0.25) is 0 Å². The number of carbonyl (C=O) groups is 2. The normalized spacial score (nSPS) is 10.4. The van der Waals surface area contributed by atoms with Gasteiger partial charge >= 0.3 is 6.03 Å². The second-order valence-electron chi connectivity index (χ2n) is 6.68. The fourth-order valence-electron chi connectivity index (χ4n) is 3.03. The fraction of sp³-hybridized carbons (Fsp3) is 0.0870. The Morgan fingerprint density at radius 2 is 1.62 bits per heavy atom. The van der Waals surface area contributed by atoms with Gasteiger partial charge < -0.3 is 20.1 Å². The number of fused-ring (bicyclic) bond motifs is 1. The molecule has 3 aromatic carbocycles. The number of aromatic nitrogens is 1. The van der Waals surface area contributed by atoms with Gasteiger partial charge in [0.1, 0.15) is 17.0 Å². The maximum atomic E-state index is 12.5. The highest BCUT2D eigenvalue weighted by Crippen LogP contribution is 2.35. The summed E-state index contributed by atoms with van der Waals surface area (Å²) < 4.78 is 11.4. The smallest absolute Gasteiger partial charge is 0.323 e. The van der Waals surface area contributed by atoms with E-state index in [2.05, 4.69) is 20.9 Å². The van der Waals surface area contributed by atoms with Crippen LogP contribution in [-0.4, -0.2) is 31.1 Å². The minimum absolute atomic E-state index is 0.250. The van der Waals surface area contributed by atoms with Crippen LogP contribution >= 0.6 is 11.3 Å². The third-order valence-corrected chi connectivity index (χ3v) is 5.44. The summed E-state index contributed by atoms with van der Waals surface area (Å²) in [6, 6.07) is 19.0. The molecule has 0 atom stereocenters. The second kappa shape index (κ2) is 9.36. The van der Waals surface area contributed by atoms with Crippen molar-refractivity contribution in [1.29, 1.82) is 0 Å². The molecule has 8 nitrogen and oxygen atoms in total. The zero-order chi connectivity index (χ0) is 22.5. The van der Waals surface area contributed by atoms with Gasteiger partial charge in [0.05, 0.1) is 18.9 Å². The van der Waals surface area contributed by atoms with Gasteiger partial charge in [-0.05, 0) is 30.3 Å². The summed E-state index contributed by atoms with van der Waals surface area (Å²) in [6.45, 7) is 0. The molecule has 0 fully saturated rings. The molecule has 32 heavy (non-hydrogen) atoms. The number of hydrogen-bond acceptors (Lipinski definition) is 6. The van der Waals surface area contributed by atoms with E-state index >= 15 is 0 Å². The maximum Gasteiger partial charge on any atom is 0.323 e. The van der Waals surface area contributed by atoms with Crippen LogP contribution in [0.5, 0.6) is 11.5 Å². The zero-order valence-electron chi connectivity index (χ0n) is 17.3. The van der Waals surface area contributed by atoms with E-state index in [0.29, 0.717) is 39.1 Å². The molecule has 0 aliphatic carbocycles. The largest absolute Gasteiger partial charge is 0.497 e. The summed E-state index contributed by atoms with van der Waals surface area (Å²) >= 11 is 1.29. The first-order chi connectivity index (χ1) is 15.6. The van der Waals surface area contributed by atoms with Crippen LogP contribution in [0.1, 0.15) is 10.4 Å². The van der Waals surface area contributed by atoms with Gasteiger partial charge in [0.25, 0.3) is 5.91 Å². The van der Waals surface area contributed by atoms with Crippen molar-refractivity contribution in [3.8, 4) is 11.5 Å². The van der Waals surface area contributed by atoms with Crippen LogP contribution in [0, 0.1) is 0 Å². The number of carbonyl (C=O) groups excluding carboxylic acids is 2.